The molecule has 0 N–H and O–H groups in total. The van der Waals surface area contributed by atoms with Gasteiger partial charge in [0.25, 0.3) is 0 Å². The molecular weight excluding hydrogens is 327 g/mol. The van der Waals surface area contributed by atoms with Gasteiger partial charge in [-0.3, -0.25) is 4.90 Å². The molecule has 134 valence electrons. The molecule has 0 bridgehead atoms. The number of amides is 1. The van der Waals surface area contributed by atoms with Gasteiger partial charge < -0.3 is 14.3 Å². The normalized spacial score (nSPS) is 13.2. The molecule has 1 aromatic carbocycles. The largest absolute Gasteiger partial charge is 0.496 e. The molecule has 1 atom stereocenters. The van der Waals surface area contributed by atoms with Gasteiger partial charge in [-0.2, -0.15) is 13.2 Å². The number of halogens is 3. The number of nitrogens with zero attached hydrogens (tertiary/aromatic N) is 1. The van der Waals surface area contributed by atoms with Crippen LogP contribution in [0.25, 0.3) is 0 Å². The Labute approximate surface area is 138 Å². The highest BCUT2D eigenvalue weighted by molar-refractivity contribution is 5.75. The Morgan fingerprint density at radius 3 is 2.25 bits per heavy atom. The molecule has 0 saturated heterocycles. The van der Waals surface area contributed by atoms with E-state index >= 15 is 0 Å². The first-order chi connectivity index (χ1) is 10.9. The summed E-state index contributed by atoms with van der Waals surface area (Å²) < 4.78 is 49.3. The van der Waals surface area contributed by atoms with Gasteiger partial charge in [-0.15, -0.1) is 0 Å². The van der Waals surface area contributed by atoms with Crippen molar-refractivity contribution in [1.82, 2.24) is 4.90 Å². The molecule has 1 aromatic rings. The van der Waals surface area contributed by atoms with Crippen molar-refractivity contribution < 1.29 is 32.2 Å². The highest BCUT2D eigenvalue weighted by Crippen LogP contribution is 2.40. The second-order valence-corrected chi connectivity index (χ2v) is 6.10. The average molecular weight is 347 g/mol. The van der Waals surface area contributed by atoms with Gasteiger partial charge in [0.2, 0.25) is 0 Å². The van der Waals surface area contributed by atoms with Crippen LogP contribution < -0.4 is 4.74 Å². The third kappa shape index (κ3) is 4.62. The summed E-state index contributed by atoms with van der Waals surface area (Å²) in [4.78, 5) is 24.5. The molecule has 0 heterocycles. The van der Waals surface area contributed by atoms with Crippen molar-refractivity contribution in [3.8, 4) is 5.75 Å². The van der Waals surface area contributed by atoms with Crippen LogP contribution in [-0.4, -0.2) is 37.0 Å². The van der Waals surface area contributed by atoms with Crippen LogP contribution in [0.3, 0.4) is 0 Å². The molecular formula is C16H20F3NO4. The van der Waals surface area contributed by atoms with Gasteiger partial charge in [-0.25, -0.2) is 4.79 Å². The summed E-state index contributed by atoms with van der Waals surface area (Å²) in [6.45, 7) is 4.92. The summed E-state index contributed by atoms with van der Waals surface area (Å²) >= 11 is 0. The van der Waals surface area contributed by atoms with E-state index in [0.717, 1.165) is 24.1 Å². The van der Waals surface area contributed by atoms with Gasteiger partial charge in [-0.05, 0) is 26.8 Å². The molecule has 5 nitrogen and oxygen atoms in total. The Kier molecular flexibility index (Phi) is 5.86. The minimum absolute atomic E-state index is 0.0734. The van der Waals surface area contributed by atoms with Crippen molar-refractivity contribution in [2.75, 3.05) is 14.2 Å². The fourth-order valence-electron chi connectivity index (χ4n) is 2.06. The summed E-state index contributed by atoms with van der Waals surface area (Å²) in [6, 6.07) is 2.02. The van der Waals surface area contributed by atoms with Gasteiger partial charge in [-0.1, -0.05) is 12.1 Å². The first-order valence-corrected chi connectivity index (χ1v) is 7.07. The second kappa shape index (κ2) is 7.11. The number of carbonyl (C=O) groups excluding carboxylic acids is 2. The highest BCUT2D eigenvalue weighted by Gasteiger charge is 2.37. The minimum atomic E-state index is -4.65. The van der Waals surface area contributed by atoms with Crippen LogP contribution in [0.1, 0.15) is 37.9 Å². The molecule has 1 rings (SSSR count). The lowest BCUT2D eigenvalue weighted by Crippen LogP contribution is -2.37. The van der Waals surface area contributed by atoms with E-state index in [9.17, 15) is 22.8 Å². The highest BCUT2D eigenvalue weighted by atomic mass is 19.4. The molecule has 0 fully saturated rings. The first kappa shape index (κ1) is 19.8. The number of methoxy groups -OCH3 is 1. The third-order valence-electron chi connectivity index (χ3n) is 3.10. The molecule has 0 spiro atoms. The first-order valence-electron chi connectivity index (χ1n) is 7.07. The van der Waals surface area contributed by atoms with E-state index in [1.54, 1.807) is 20.8 Å². The van der Waals surface area contributed by atoms with Crippen LogP contribution in [-0.2, 0) is 15.7 Å². The standard InChI is InChI=1S/C16H20F3NO4/c1-15(2,3)24-14(22)20(4)12(9-21)10-7-6-8-11(13(10)23-5)16(17,18)19/h6-9,12H,1-5H3. The van der Waals surface area contributed by atoms with Crippen LogP contribution in [0, 0.1) is 0 Å². The summed E-state index contributed by atoms with van der Waals surface area (Å²) in [5.41, 5.74) is -1.90. The number of rotatable bonds is 4. The Morgan fingerprint density at radius 1 is 1.25 bits per heavy atom. The Bertz CT molecular complexity index is 608. The predicted molar refractivity (Wildman–Crippen MR) is 80.8 cm³/mol. The monoisotopic (exact) mass is 347 g/mol. The molecule has 0 aliphatic heterocycles. The molecule has 0 saturated carbocycles. The number of alkyl halides is 3. The molecule has 1 unspecified atom stereocenters. The van der Waals surface area contributed by atoms with E-state index in [1.165, 1.54) is 13.1 Å². The van der Waals surface area contributed by atoms with E-state index in [2.05, 4.69) is 0 Å². The lowest BCUT2D eigenvalue weighted by Gasteiger charge is -2.29. The van der Waals surface area contributed by atoms with Crippen molar-refractivity contribution in [3.63, 3.8) is 0 Å². The van der Waals surface area contributed by atoms with E-state index in [-0.39, 0.29) is 5.56 Å². The fourth-order valence-corrected chi connectivity index (χ4v) is 2.06. The minimum Gasteiger partial charge on any atom is -0.496 e. The SMILES string of the molecule is COc1c(C(C=O)N(C)C(=O)OC(C)(C)C)cccc1C(F)(F)F. The zero-order valence-corrected chi connectivity index (χ0v) is 14.1. The van der Waals surface area contributed by atoms with Crippen LogP contribution in [0.4, 0.5) is 18.0 Å². The summed E-state index contributed by atoms with van der Waals surface area (Å²) in [5, 5.41) is 0. The predicted octanol–water partition coefficient (Wildman–Crippen LogP) is 3.82. The van der Waals surface area contributed by atoms with E-state index in [4.69, 9.17) is 9.47 Å². The van der Waals surface area contributed by atoms with Crippen LogP contribution in [0.2, 0.25) is 0 Å². The topological polar surface area (TPSA) is 55.8 Å². The van der Waals surface area contributed by atoms with Crippen molar-refractivity contribution in [1.29, 1.82) is 0 Å². The van der Waals surface area contributed by atoms with Crippen molar-refractivity contribution in [2.45, 2.75) is 38.6 Å². The van der Waals surface area contributed by atoms with Gasteiger partial charge in [0.1, 0.15) is 23.7 Å². The third-order valence-corrected chi connectivity index (χ3v) is 3.10. The average Bonchev–Trinajstić information content (AvgIpc) is 2.44. The van der Waals surface area contributed by atoms with Crippen molar-refractivity contribution >= 4 is 12.4 Å². The van der Waals surface area contributed by atoms with Crippen LogP contribution in [0.5, 0.6) is 5.75 Å². The molecule has 0 aliphatic carbocycles. The summed E-state index contributed by atoms with van der Waals surface area (Å²) in [7, 11) is 2.34. The zero-order valence-electron chi connectivity index (χ0n) is 14.1. The Balaban J connectivity index is 3.31. The maximum atomic E-state index is 13.1. The molecule has 0 radical (unpaired) electrons. The maximum absolute atomic E-state index is 13.1. The number of ether oxygens (including phenoxy) is 2. The number of hydrogen-bond acceptors (Lipinski definition) is 4. The molecule has 24 heavy (non-hydrogen) atoms. The number of aldehydes is 1. The van der Waals surface area contributed by atoms with Crippen LogP contribution >= 0.6 is 0 Å². The summed E-state index contributed by atoms with van der Waals surface area (Å²) in [6.07, 6.45) is -5.12. The number of para-hydroxylation sites is 1. The number of benzene rings is 1. The van der Waals surface area contributed by atoms with E-state index < -0.39 is 35.2 Å². The van der Waals surface area contributed by atoms with E-state index in [1.807, 2.05) is 0 Å². The van der Waals surface area contributed by atoms with Gasteiger partial charge in [0.05, 0.1) is 12.7 Å². The molecule has 0 aliphatic rings. The fraction of sp³-hybridized carbons (Fsp3) is 0.500. The van der Waals surface area contributed by atoms with Crippen molar-refractivity contribution in [3.05, 3.63) is 29.3 Å². The Hall–Kier alpha value is -2.25. The Morgan fingerprint density at radius 2 is 1.83 bits per heavy atom. The number of likely N-dealkylation sites (N-methyl/N-ethyl adjacent to an activating group) is 1. The van der Waals surface area contributed by atoms with Crippen molar-refractivity contribution in [2.24, 2.45) is 0 Å². The zero-order chi connectivity index (χ0) is 18.7. The molecule has 8 heteroatoms. The number of hydrogen-bond donors (Lipinski definition) is 0. The quantitative estimate of drug-likeness (QED) is 0.777. The molecule has 1 amide bonds. The van der Waals surface area contributed by atoms with Gasteiger partial charge in [0.15, 0.2) is 0 Å². The number of carbonyl (C=O) groups is 2. The van der Waals surface area contributed by atoms with Gasteiger partial charge >= 0.3 is 12.3 Å². The van der Waals surface area contributed by atoms with E-state index in [0.29, 0.717) is 6.29 Å². The lowest BCUT2D eigenvalue weighted by atomic mass is 10.0. The maximum Gasteiger partial charge on any atom is 0.419 e. The second-order valence-electron chi connectivity index (χ2n) is 6.10. The summed E-state index contributed by atoms with van der Waals surface area (Å²) in [5.74, 6) is -0.502. The van der Waals surface area contributed by atoms with Crippen LogP contribution in [0.15, 0.2) is 18.2 Å². The smallest absolute Gasteiger partial charge is 0.419 e. The van der Waals surface area contributed by atoms with Gasteiger partial charge in [0, 0.05) is 12.6 Å². The molecule has 0 aromatic heterocycles. The lowest BCUT2D eigenvalue weighted by molar-refractivity contribution is -0.139.